The zero-order chi connectivity index (χ0) is 13.7. The van der Waals surface area contributed by atoms with Crippen LogP contribution < -0.4 is 0 Å². The number of rotatable bonds is 5. The largest absolute Gasteiger partial charge is 0.481 e. The standard InChI is InChI=1S/C11H18N2O5/c1-8-10(16)12(5-3-2-4-9(14)15)6-7-13(8)11(17)18/h8H,2-7H2,1H3,(H,14,15)(H,17,18). The number of aliphatic carboxylic acids is 1. The van der Waals surface area contributed by atoms with E-state index in [0.717, 1.165) is 4.90 Å². The van der Waals surface area contributed by atoms with Crippen molar-refractivity contribution >= 4 is 18.0 Å². The summed E-state index contributed by atoms with van der Waals surface area (Å²) in [5.41, 5.74) is 0. The van der Waals surface area contributed by atoms with Gasteiger partial charge in [0.15, 0.2) is 0 Å². The number of hydrogen-bond donors (Lipinski definition) is 2. The van der Waals surface area contributed by atoms with Crippen molar-refractivity contribution in [1.29, 1.82) is 0 Å². The van der Waals surface area contributed by atoms with Crippen molar-refractivity contribution in [2.45, 2.75) is 32.2 Å². The summed E-state index contributed by atoms with van der Waals surface area (Å²) < 4.78 is 0. The number of piperazine rings is 1. The summed E-state index contributed by atoms with van der Waals surface area (Å²) in [7, 11) is 0. The molecule has 2 amide bonds. The molecule has 0 spiro atoms. The van der Waals surface area contributed by atoms with Crippen LogP contribution in [0.2, 0.25) is 0 Å². The van der Waals surface area contributed by atoms with Gasteiger partial charge in [-0.2, -0.15) is 0 Å². The number of amides is 2. The predicted octanol–water partition coefficient (Wildman–Crippen LogP) is 0.452. The summed E-state index contributed by atoms with van der Waals surface area (Å²) in [6.45, 7) is 2.74. The Bertz CT molecular complexity index is 344. The number of unbranched alkanes of at least 4 members (excludes halogenated alkanes) is 1. The lowest BCUT2D eigenvalue weighted by Crippen LogP contribution is -2.57. The Hall–Kier alpha value is -1.79. The average Bonchev–Trinajstić information content (AvgIpc) is 2.29. The monoisotopic (exact) mass is 258 g/mol. The molecule has 1 unspecified atom stereocenters. The first-order chi connectivity index (χ1) is 8.43. The van der Waals surface area contributed by atoms with Crippen LogP contribution in [-0.2, 0) is 9.59 Å². The van der Waals surface area contributed by atoms with E-state index in [0.29, 0.717) is 32.5 Å². The maximum absolute atomic E-state index is 11.9. The number of carbonyl (C=O) groups is 3. The first kappa shape index (κ1) is 14.3. The van der Waals surface area contributed by atoms with Crippen molar-refractivity contribution in [3.8, 4) is 0 Å². The third-order valence-electron chi connectivity index (χ3n) is 3.06. The second kappa shape index (κ2) is 6.23. The summed E-state index contributed by atoms with van der Waals surface area (Å²) in [5, 5.41) is 17.4. The number of nitrogens with zero attached hydrogens (tertiary/aromatic N) is 2. The van der Waals surface area contributed by atoms with Gasteiger partial charge >= 0.3 is 12.1 Å². The second-order valence-corrected chi connectivity index (χ2v) is 4.33. The maximum Gasteiger partial charge on any atom is 0.408 e. The molecule has 2 N–H and O–H groups in total. The van der Waals surface area contributed by atoms with Crippen LogP contribution in [0.25, 0.3) is 0 Å². The van der Waals surface area contributed by atoms with Crippen LogP contribution in [0.4, 0.5) is 4.79 Å². The Labute approximate surface area is 105 Å². The highest BCUT2D eigenvalue weighted by Crippen LogP contribution is 2.12. The molecule has 1 fully saturated rings. The molecule has 0 radical (unpaired) electrons. The van der Waals surface area contributed by atoms with Crippen molar-refractivity contribution in [2.24, 2.45) is 0 Å². The fourth-order valence-electron chi connectivity index (χ4n) is 1.99. The van der Waals surface area contributed by atoms with Gasteiger partial charge in [-0.25, -0.2) is 4.79 Å². The second-order valence-electron chi connectivity index (χ2n) is 4.33. The lowest BCUT2D eigenvalue weighted by atomic mass is 10.1. The van der Waals surface area contributed by atoms with Gasteiger partial charge in [-0.05, 0) is 19.8 Å². The topological polar surface area (TPSA) is 98.2 Å². The molecular formula is C11H18N2O5. The van der Waals surface area contributed by atoms with Gasteiger partial charge in [-0.1, -0.05) is 0 Å². The van der Waals surface area contributed by atoms with Gasteiger partial charge in [0.2, 0.25) is 5.91 Å². The third kappa shape index (κ3) is 3.61. The SMILES string of the molecule is CC1C(=O)N(CCCCC(=O)O)CCN1C(=O)O. The van der Waals surface area contributed by atoms with Crippen LogP contribution in [0.5, 0.6) is 0 Å². The summed E-state index contributed by atoms with van der Waals surface area (Å²) in [4.78, 5) is 35.8. The van der Waals surface area contributed by atoms with Crippen LogP contribution in [0.15, 0.2) is 0 Å². The number of carboxylic acids is 1. The Balaban J connectivity index is 2.39. The molecule has 0 aromatic rings. The molecule has 1 heterocycles. The fourth-order valence-corrected chi connectivity index (χ4v) is 1.99. The predicted molar refractivity (Wildman–Crippen MR) is 62.3 cm³/mol. The van der Waals surface area contributed by atoms with Gasteiger partial charge in [-0.15, -0.1) is 0 Å². The molecule has 1 atom stereocenters. The smallest absolute Gasteiger partial charge is 0.408 e. The van der Waals surface area contributed by atoms with Crippen molar-refractivity contribution in [3.05, 3.63) is 0 Å². The summed E-state index contributed by atoms with van der Waals surface area (Å²) in [5.74, 6) is -1.05. The number of carboxylic acid groups (broad SMARTS) is 2. The maximum atomic E-state index is 11.9. The molecule has 0 saturated carbocycles. The van der Waals surface area contributed by atoms with Gasteiger partial charge in [0.1, 0.15) is 6.04 Å². The Morgan fingerprint density at radius 1 is 1.28 bits per heavy atom. The van der Waals surface area contributed by atoms with E-state index in [9.17, 15) is 14.4 Å². The first-order valence-electron chi connectivity index (χ1n) is 5.93. The van der Waals surface area contributed by atoms with Crippen LogP contribution >= 0.6 is 0 Å². The molecule has 0 aromatic heterocycles. The molecule has 18 heavy (non-hydrogen) atoms. The summed E-state index contributed by atoms with van der Waals surface area (Å²) in [6, 6.07) is -0.657. The molecule has 102 valence electrons. The van der Waals surface area contributed by atoms with E-state index in [2.05, 4.69) is 0 Å². The Morgan fingerprint density at radius 3 is 2.50 bits per heavy atom. The quantitative estimate of drug-likeness (QED) is 0.698. The van der Waals surface area contributed by atoms with E-state index in [1.54, 1.807) is 11.8 Å². The van der Waals surface area contributed by atoms with Crippen molar-refractivity contribution in [2.75, 3.05) is 19.6 Å². The normalized spacial score (nSPS) is 20.1. The third-order valence-corrected chi connectivity index (χ3v) is 3.06. The fraction of sp³-hybridized carbons (Fsp3) is 0.727. The van der Waals surface area contributed by atoms with Crippen molar-refractivity contribution < 1.29 is 24.6 Å². The minimum atomic E-state index is -1.08. The Kier molecular flexibility index (Phi) is 4.94. The highest BCUT2D eigenvalue weighted by molar-refractivity contribution is 5.86. The molecule has 1 aliphatic rings. The van der Waals surface area contributed by atoms with E-state index in [1.807, 2.05) is 0 Å². The van der Waals surface area contributed by atoms with Gasteiger partial charge < -0.3 is 15.1 Å². The van der Waals surface area contributed by atoms with Crippen LogP contribution in [0.1, 0.15) is 26.2 Å². The van der Waals surface area contributed by atoms with Gasteiger partial charge in [0.05, 0.1) is 0 Å². The lowest BCUT2D eigenvalue weighted by molar-refractivity contribution is -0.139. The first-order valence-corrected chi connectivity index (χ1v) is 5.93. The summed E-state index contributed by atoms with van der Waals surface area (Å²) in [6.07, 6.45) is 0.161. The van der Waals surface area contributed by atoms with E-state index in [-0.39, 0.29) is 12.3 Å². The molecule has 7 nitrogen and oxygen atoms in total. The average molecular weight is 258 g/mol. The molecular weight excluding hydrogens is 240 g/mol. The van der Waals surface area contributed by atoms with Gasteiger partial charge in [0, 0.05) is 26.1 Å². The zero-order valence-electron chi connectivity index (χ0n) is 10.3. The molecule has 7 heteroatoms. The number of hydrogen-bond acceptors (Lipinski definition) is 3. The molecule has 0 aromatic carbocycles. The minimum absolute atomic E-state index is 0.0961. The highest BCUT2D eigenvalue weighted by Gasteiger charge is 2.33. The van der Waals surface area contributed by atoms with E-state index in [4.69, 9.17) is 10.2 Å². The van der Waals surface area contributed by atoms with E-state index in [1.165, 1.54) is 0 Å². The van der Waals surface area contributed by atoms with Crippen molar-refractivity contribution in [1.82, 2.24) is 9.80 Å². The highest BCUT2D eigenvalue weighted by atomic mass is 16.4. The van der Waals surface area contributed by atoms with Gasteiger partial charge in [0.25, 0.3) is 0 Å². The van der Waals surface area contributed by atoms with E-state index < -0.39 is 18.1 Å². The molecule has 1 saturated heterocycles. The molecule has 0 bridgehead atoms. The number of carbonyl (C=O) groups excluding carboxylic acids is 1. The van der Waals surface area contributed by atoms with Crippen LogP contribution in [0, 0.1) is 0 Å². The van der Waals surface area contributed by atoms with Crippen LogP contribution in [-0.4, -0.2) is 63.7 Å². The molecule has 1 aliphatic heterocycles. The van der Waals surface area contributed by atoms with Crippen LogP contribution in [0.3, 0.4) is 0 Å². The van der Waals surface area contributed by atoms with Crippen molar-refractivity contribution in [3.63, 3.8) is 0 Å². The summed E-state index contributed by atoms with van der Waals surface area (Å²) >= 11 is 0. The minimum Gasteiger partial charge on any atom is -0.481 e. The zero-order valence-corrected chi connectivity index (χ0v) is 10.3. The van der Waals surface area contributed by atoms with Gasteiger partial charge in [-0.3, -0.25) is 14.5 Å². The molecule has 1 rings (SSSR count). The van der Waals surface area contributed by atoms with E-state index >= 15 is 0 Å². The Morgan fingerprint density at radius 2 is 1.94 bits per heavy atom. The lowest BCUT2D eigenvalue weighted by Gasteiger charge is -2.37. The molecule has 0 aliphatic carbocycles.